The van der Waals surface area contributed by atoms with Crippen molar-refractivity contribution in [1.29, 1.82) is 0 Å². The van der Waals surface area contributed by atoms with E-state index in [4.69, 9.17) is 6.57 Å². The number of nitrogens with zero attached hydrogens (tertiary/aromatic N) is 3. The fourth-order valence-electron chi connectivity index (χ4n) is 2.96. The van der Waals surface area contributed by atoms with Crippen LogP contribution in [0.2, 0.25) is 0 Å². The Bertz CT molecular complexity index is 709. The maximum atomic E-state index is 10.9. The zero-order valence-electron chi connectivity index (χ0n) is 11.3. The summed E-state index contributed by atoms with van der Waals surface area (Å²) in [6.45, 7) is 7.12. The summed E-state index contributed by atoms with van der Waals surface area (Å²) < 4.78 is 1.90. The minimum atomic E-state index is -0.194. The Hall–Kier alpha value is -2.41. The second-order valence-electron chi connectivity index (χ2n) is 5.17. The summed E-state index contributed by atoms with van der Waals surface area (Å²) in [6, 6.07) is 9.77. The van der Waals surface area contributed by atoms with Gasteiger partial charge in [-0.1, -0.05) is 23.9 Å². The smallest absolute Gasteiger partial charge is 0.230 e. The molecule has 2 aromatic rings. The number of fused-ring (bicyclic) bond motifs is 1. The van der Waals surface area contributed by atoms with Gasteiger partial charge in [-0.25, -0.2) is 0 Å². The monoisotopic (exact) mass is 265 g/mol. The van der Waals surface area contributed by atoms with Crippen molar-refractivity contribution in [2.45, 2.75) is 25.3 Å². The highest BCUT2D eigenvalue weighted by Crippen LogP contribution is 2.35. The van der Waals surface area contributed by atoms with Crippen LogP contribution in [0.5, 0.6) is 0 Å². The molecule has 0 bridgehead atoms. The number of benzene rings is 1. The summed E-state index contributed by atoms with van der Waals surface area (Å²) in [5, 5.41) is 3.23. The highest BCUT2D eigenvalue weighted by Gasteiger charge is 2.21. The number of rotatable bonds is 2. The van der Waals surface area contributed by atoms with Gasteiger partial charge in [-0.05, 0) is 48.6 Å². The van der Waals surface area contributed by atoms with E-state index in [9.17, 15) is 4.91 Å². The molecule has 4 heteroatoms. The van der Waals surface area contributed by atoms with E-state index >= 15 is 0 Å². The number of nitroso groups, excluding NO2 is 1. The van der Waals surface area contributed by atoms with Crippen LogP contribution >= 0.6 is 0 Å². The topological polar surface area (TPSA) is 38.7 Å². The van der Waals surface area contributed by atoms with Gasteiger partial charge in [0.2, 0.25) is 5.82 Å². The van der Waals surface area contributed by atoms with E-state index in [1.54, 1.807) is 0 Å². The van der Waals surface area contributed by atoms with E-state index in [1.807, 2.05) is 35.9 Å². The summed E-state index contributed by atoms with van der Waals surface area (Å²) in [5.74, 6) is 0.630. The van der Waals surface area contributed by atoms with Gasteiger partial charge in [0.15, 0.2) is 0 Å². The summed E-state index contributed by atoms with van der Waals surface area (Å²) in [4.78, 5) is 14.4. The summed E-state index contributed by atoms with van der Waals surface area (Å²) in [7, 11) is 1.90. The van der Waals surface area contributed by atoms with Gasteiger partial charge in [0, 0.05) is 5.56 Å². The molecule has 0 aliphatic heterocycles. The molecule has 0 saturated heterocycles. The van der Waals surface area contributed by atoms with Gasteiger partial charge in [-0.15, -0.1) is 0 Å². The number of aryl methyl sites for hydroxylation is 1. The molecule has 0 saturated carbocycles. The minimum Gasteiger partial charge on any atom is -0.364 e. The van der Waals surface area contributed by atoms with Gasteiger partial charge in [-0.2, -0.15) is 4.91 Å². The van der Waals surface area contributed by atoms with Crippen molar-refractivity contribution in [1.82, 2.24) is 4.57 Å². The average Bonchev–Trinajstić information content (AvgIpc) is 2.86. The van der Waals surface area contributed by atoms with Crippen molar-refractivity contribution in [2.75, 3.05) is 0 Å². The van der Waals surface area contributed by atoms with Gasteiger partial charge >= 0.3 is 0 Å². The lowest BCUT2D eigenvalue weighted by molar-refractivity contribution is 0.569. The summed E-state index contributed by atoms with van der Waals surface area (Å²) in [6.07, 6.45) is 2.85. The fourth-order valence-corrected chi connectivity index (χ4v) is 2.96. The first kappa shape index (κ1) is 12.6. The molecule has 1 unspecified atom stereocenters. The third-order valence-corrected chi connectivity index (χ3v) is 4.06. The second-order valence-corrected chi connectivity index (χ2v) is 5.17. The average molecular weight is 265 g/mol. The molecule has 0 radical (unpaired) electrons. The molecule has 1 heterocycles. The first-order valence-corrected chi connectivity index (χ1v) is 6.73. The third-order valence-electron chi connectivity index (χ3n) is 4.06. The Kier molecular flexibility index (Phi) is 3.11. The predicted octanol–water partition coefficient (Wildman–Crippen LogP) is 4.39. The predicted molar refractivity (Wildman–Crippen MR) is 78.6 cm³/mol. The van der Waals surface area contributed by atoms with Crippen LogP contribution in [0.4, 0.5) is 5.82 Å². The molecule has 1 atom stereocenters. The maximum Gasteiger partial charge on any atom is 0.230 e. The molecule has 3 rings (SSSR count). The first-order chi connectivity index (χ1) is 9.74. The second kappa shape index (κ2) is 4.93. The Morgan fingerprint density at radius 1 is 1.35 bits per heavy atom. The van der Waals surface area contributed by atoms with E-state index < -0.39 is 0 Å². The van der Waals surface area contributed by atoms with Crippen molar-refractivity contribution in [3.8, 4) is 11.3 Å². The molecule has 1 aliphatic rings. The molecule has 0 fully saturated rings. The minimum absolute atomic E-state index is 0.194. The van der Waals surface area contributed by atoms with E-state index in [0.717, 1.165) is 36.1 Å². The molecule has 0 spiro atoms. The van der Waals surface area contributed by atoms with Crippen LogP contribution in [0.1, 0.15) is 30.0 Å². The lowest BCUT2D eigenvalue weighted by Gasteiger charge is -2.20. The molecule has 20 heavy (non-hydrogen) atoms. The van der Waals surface area contributed by atoms with Crippen LogP contribution < -0.4 is 0 Å². The third kappa shape index (κ3) is 1.92. The van der Waals surface area contributed by atoms with Crippen molar-refractivity contribution < 1.29 is 0 Å². The molecule has 4 nitrogen and oxygen atoms in total. The number of hydrogen-bond donors (Lipinski definition) is 0. The SMILES string of the molecule is [C-]#[N+]c1ccc(-c2ccc3c(c2)CCCC3N=O)n1C. The maximum absolute atomic E-state index is 10.9. The van der Waals surface area contributed by atoms with E-state index in [-0.39, 0.29) is 6.04 Å². The molecule has 0 amide bonds. The Morgan fingerprint density at radius 2 is 2.20 bits per heavy atom. The molecule has 1 aromatic heterocycles. The van der Waals surface area contributed by atoms with Crippen molar-refractivity contribution in [3.05, 3.63) is 57.8 Å². The molecule has 0 N–H and O–H groups in total. The van der Waals surface area contributed by atoms with E-state index in [2.05, 4.69) is 16.1 Å². The van der Waals surface area contributed by atoms with Gasteiger partial charge in [0.25, 0.3) is 0 Å². The van der Waals surface area contributed by atoms with Gasteiger partial charge in [-0.3, -0.25) is 4.57 Å². The Balaban J connectivity index is 2.06. The Labute approximate surface area is 117 Å². The van der Waals surface area contributed by atoms with Crippen LogP contribution in [-0.4, -0.2) is 4.57 Å². The quantitative estimate of drug-likeness (QED) is 0.586. The summed E-state index contributed by atoms with van der Waals surface area (Å²) >= 11 is 0. The molecule has 1 aliphatic carbocycles. The lowest BCUT2D eigenvalue weighted by atomic mass is 9.87. The molecule has 1 aromatic carbocycles. The first-order valence-electron chi connectivity index (χ1n) is 6.73. The highest BCUT2D eigenvalue weighted by atomic mass is 16.3. The van der Waals surface area contributed by atoms with Crippen LogP contribution in [0.15, 0.2) is 35.5 Å². The van der Waals surface area contributed by atoms with Crippen molar-refractivity contribution in [2.24, 2.45) is 12.2 Å². The number of aromatic nitrogens is 1. The molecular formula is C16H15N3O. The zero-order valence-corrected chi connectivity index (χ0v) is 11.3. The normalized spacial score (nSPS) is 17.3. The summed E-state index contributed by atoms with van der Waals surface area (Å²) in [5.41, 5.74) is 4.39. The standard InChI is InChI=1S/C16H15N3O/c1-17-16-9-8-15(19(16)2)12-6-7-13-11(10-12)4-3-5-14(13)18-20/h6-10,14H,3-5H2,2H3. The largest absolute Gasteiger partial charge is 0.364 e. The number of hydrogen-bond acceptors (Lipinski definition) is 2. The van der Waals surface area contributed by atoms with Crippen LogP contribution in [-0.2, 0) is 13.5 Å². The molecular weight excluding hydrogens is 250 g/mol. The molecule has 100 valence electrons. The van der Waals surface area contributed by atoms with Gasteiger partial charge in [0.1, 0.15) is 11.7 Å². The van der Waals surface area contributed by atoms with Crippen LogP contribution in [0.3, 0.4) is 0 Å². The van der Waals surface area contributed by atoms with E-state index in [0.29, 0.717) is 5.82 Å². The van der Waals surface area contributed by atoms with Crippen LogP contribution in [0.25, 0.3) is 16.1 Å². The van der Waals surface area contributed by atoms with E-state index in [1.165, 1.54) is 5.56 Å². The van der Waals surface area contributed by atoms with Crippen molar-refractivity contribution in [3.63, 3.8) is 0 Å². The lowest BCUT2D eigenvalue weighted by Crippen LogP contribution is -2.07. The Morgan fingerprint density at radius 3 is 2.90 bits per heavy atom. The zero-order chi connectivity index (χ0) is 14.1. The fraction of sp³-hybridized carbons (Fsp3) is 0.312. The van der Waals surface area contributed by atoms with Gasteiger partial charge in [0.05, 0.1) is 7.05 Å². The van der Waals surface area contributed by atoms with Crippen molar-refractivity contribution >= 4 is 5.82 Å². The van der Waals surface area contributed by atoms with Crippen LogP contribution in [0, 0.1) is 11.5 Å². The van der Waals surface area contributed by atoms with Gasteiger partial charge < -0.3 is 4.85 Å². The highest BCUT2D eigenvalue weighted by molar-refractivity contribution is 5.66.